The predicted octanol–water partition coefficient (Wildman–Crippen LogP) is 3.05. The Kier molecular flexibility index (Phi) is 4.60. The lowest BCUT2D eigenvalue weighted by atomic mass is 9.99. The molecular formula is C14H20ClFN2. The lowest BCUT2D eigenvalue weighted by Gasteiger charge is -2.35. The van der Waals surface area contributed by atoms with Crippen LogP contribution < -0.4 is 5.32 Å². The summed E-state index contributed by atoms with van der Waals surface area (Å²) >= 11 is 5.94. The Morgan fingerprint density at radius 2 is 2.28 bits per heavy atom. The van der Waals surface area contributed by atoms with Gasteiger partial charge >= 0.3 is 0 Å². The summed E-state index contributed by atoms with van der Waals surface area (Å²) in [5.41, 5.74) is 0.836. The fraction of sp³-hybridized carbons (Fsp3) is 0.571. The van der Waals surface area contributed by atoms with E-state index in [2.05, 4.69) is 24.2 Å². The summed E-state index contributed by atoms with van der Waals surface area (Å²) in [5.74, 6) is -0.340. The maximum Gasteiger partial charge on any atom is 0.142 e. The highest BCUT2D eigenvalue weighted by Crippen LogP contribution is 2.21. The number of likely N-dealkylation sites (tertiary alicyclic amines) is 1. The van der Waals surface area contributed by atoms with Crippen LogP contribution in [0.3, 0.4) is 0 Å². The third kappa shape index (κ3) is 3.22. The van der Waals surface area contributed by atoms with Gasteiger partial charge in [0.15, 0.2) is 0 Å². The van der Waals surface area contributed by atoms with E-state index in [0.717, 1.165) is 24.9 Å². The van der Waals surface area contributed by atoms with Crippen LogP contribution in [0.2, 0.25) is 5.02 Å². The molecule has 1 fully saturated rings. The van der Waals surface area contributed by atoms with Crippen LogP contribution in [0.15, 0.2) is 18.2 Å². The quantitative estimate of drug-likeness (QED) is 0.908. The average Bonchev–Trinajstić information content (AvgIpc) is 2.35. The van der Waals surface area contributed by atoms with Crippen LogP contribution in [0.25, 0.3) is 0 Å². The van der Waals surface area contributed by atoms with Crippen molar-refractivity contribution in [2.45, 2.75) is 38.4 Å². The van der Waals surface area contributed by atoms with Gasteiger partial charge in [-0.25, -0.2) is 4.39 Å². The van der Waals surface area contributed by atoms with Crippen molar-refractivity contribution in [1.82, 2.24) is 10.2 Å². The molecule has 1 N–H and O–H groups in total. The van der Waals surface area contributed by atoms with E-state index >= 15 is 0 Å². The summed E-state index contributed by atoms with van der Waals surface area (Å²) < 4.78 is 13.3. The first-order valence-corrected chi connectivity index (χ1v) is 6.82. The van der Waals surface area contributed by atoms with Gasteiger partial charge in [0.2, 0.25) is 0 Å². The Hall–Kier alpha value is -0.640. The molecule has 1 saturated heterocycles. The zero-order valence-electron chi connectivity index (χ0n) is 10.9. The summed E-state index contributed by atoms with van der Waals surface area (Å²) in [4.78, 5) is 2.37. The number of rotatable bonds is 3. The molecule has 0 saturated carbocycles. The number of hydrogen-bond donors (Lipinski definition) is 1. The van der Waals surface area contributed by atoms with Gasteiger partial charge in [-0.2, -0.15) is 0 Å². The Labute approximate surface area is 113 Å². The fourth-order valence-corrected chi connectivity index (χ4v) is 2.61. The second-order valence-corrected chi connectivity index (χ2v) is 5.52. The first kappa shape index (κ1) is 13.8. The number of nitrogens with one attached hydrogen (secondary N) is 1. The SMILES string of the molecule is CC1CC(NCc2cccc(F)c2Cl)CCN1C. The van der Waals surface area contributed by atoms with E-state index in [-0.39, 0.29) is 10.8 Å². The third-order valence-electron chi connectivity index (χ3n) is 3.82. The van der Waals surface area contributed by atoms with Crippen LogP contribution in [0, 0.1) is 5.82 Å². The fourth-order valence-electron chi connectivity index (χ4n) is 2.41. The molecular weight excluding hydrogens is 251 g/mol. The summed E-state index contributed by atoms with van der Waals surface area (Å²) in [6, 6.07) is 6.06. The third-order valence-corrected chi connectivity index (χ3v) is 4.24. The minimum absolute atomic E-state index is 0.242. The van der Waals surface area contributed by atoms with E-state index in [4.69, 9.17) is 11.6 Å². The highest BCUT2D eigenvalue weighted by molar-refractivity contribution is 6.31. The van der Waals surface area contributed by atoms with Crippen molar-refractivity contribution < 1.29 is 4.39 Å². The second-order valence-electron chi connectivity index (χ2n) is 5.14. The lowest BCUT2D eigenvalue weighted by Crippen LogP contribution is -2.45. The molecule has 100 valence electrons. The van der Waals surface area contributed by atoms with Gasteiger partial charge in [0.05, 0.1) is 5.02 Å². The van der Waals surface area contributed by atoms with E-state index < -0.39 is 0 Å². The molecule has 1 aromatic carbocycles. The maximum absolute atomic E-state index is 13.3. The minimum atomic E-state index is -0.340. The van der Waals surface area contributed by atoms with Crippen LogP contribution in [-0.4, -0.2) is 30.6 Å². The molecule has 0 radical (unpaired) electrons. The molecule has 1 heterocycles. The molecule has 2 rings (SSSR count). The Balaban J connectivity index is 1.90. The molecule has 1 aliphatic heterocycles. The second kappa shape index (κ2) is 6.00. The molecule has 0 aliphatic carbocycles. The topological polar surface area (TPSA) is 15.3 Å². The zero-order valence-corrected chi connectivity index (χ0v) is 11.7. The minimum Gasteiger partial charge on any atom is -0.310 e. The Morgan fingerprint density at radius 1 is 1.50 bits per heavy atom. The van der Waals surface area contributed by atoms with E-state index in [1.807, 2.05) is 6.07 Å². The van der Waals surface area contributed by atoms with Gasteiger partial charge < -0.3 is 10.2 Å². The molecule has 1 aromatic rings. The van der Waals surface area contributed by atoms with Gasteiger partial charge in [-0.3, -0.25) is 0 Å². The average molecular weight is 271 g/mol. The summed E-state index contributed by atoms with van der Waals surface area (Å²) in [6.45, 7) is 3.98. The van der Waals surface area contributed by atoms with Crippen LogP contribution in [0.5, 0.6) is 0 Å². The van der Waals surface area contributed by atoms with Crippen LogP contribution in [0.4, 0.5) is 4.39 Å². The molecule has 0 amide bonds. The van der Waals surface area contributed by atoms with Gasteiger partial charge in [-0.1, -0.05) is 23.7 Å². The van der Waals surface area contributed by atoms with Crippen molar-refractivity contribution in [3.63, 3.8) is 0 Å². The van der Waals surface area contributed by atoms with Crippen molar-refractivity contribution in [2.24, 2.45) is 0 Å². The van der Waals surface area contributed by atoms with Crippen LogP contribution in [-0.2, 0) is 6.54 Å². The number of piperidine rings is 1. The normalized spacial score (nSPS) is 25.3. The smallest absolute Gasteiger partial charge is 0.142 e. The van der Waals surface area contributed by atoms with Gasteiger partial charge in [0, 0.05) is 18.6 Å². The molecule has 0 bridgehead atoms. The lowest BCUT2D eigenvalue weighted by molar-refractivity contribution is 0.168. The highest BCUT2D eigenvalue weighted by atomic mass is 35.5. The number of hydrogen-bond acceptors (Lipinski definition) is 2. The maximum atomic E-state index is 13.3. The molecule has 2 unspecified atom stereocenters. The van der Waals surface area contributed by atoms with Gasteiger partial charge in [-0.05, 0) is 45.0 Å². The summed E-state index contributed by atoms with van der Waals surface area (Å²) in [7, 11) is 2.16. The van der Waals surface area contributed by atoms with Gasteiger partial charge in [0.1, 0.15) is 5.82 Å². The van der Waals surface area contributed by atoms with E-state index in [0.29, 0.717) is 18.6 Å². The number of halogens is 2. The first-order chi connectivity index (χ1) is 8.58. The molecule has 0 aromatic heterocycles. The molecule has 4 heteroatoms. The highest BCUT2D eigenvalue weighted by Gasteiger charge is 2.22. The van der Waals surface area contributed by atoms with Crippen molar-refractivity contribution in [3.8, 4) is 0 Å². The summed E-state index contributed by atoms with van der Waals surface area (Å²) in [5, 5.41) is 3.72. The zero-order chi connectivity index (χ0) is 13.1. The Morgan fingerprint density at radius 3 is 3.00 bits per heavy atom. The Bertz CT molecular complexity index is 411. The van der Waals surface area contributed by atoms with Crippen molar-refractivity contribution in [3.05, 3.63) is 34.6 Å². The monoisotopic (exact) mass is 270 g/mol. The van der Waals surface area contributed by atoms with Gasteiger partial charge in [0.25, 0.3) is 0 Å². The predicted molar refractivity (Wildman–Crippen MR) is 73.4 cm³/mol. The molecule has 2 nitrogen and oxygen atoms in total. The molecule has 1 aliphatic rings. The van der Waals surface area contributed by atoms with Crippen LogP contribution in [0.1, 0.15) is 25.3 Å². The molecule has 2 atom stereocenters. The molecule has 0 spiro atoms. The van der Waals surface area contributed by atoms with E-state index in [1.165, 1.54) is 6.07 Å². The van der Waals surface area contributed by atoms with Crippen molar-refractivity contribution in [1.29, 1.82) is 0 Å². The number of nitrogens with zero attached hydrogens (tertiary/aromatic N) is 1. The standard InChI is InChI=1S/C14H20ClFN2/c1-10-8-12(6-7-18(10)2)17-9-11-4-3-5-13(16)14(11)15/h3-5,10,12,17H,6-9H2,1-2H3. The van der Waals surface area contributed by atoms with Crippen LogP contribution >= 0.6 is 11.6 Å². The van der Waals surface area contributed by atoms with Crippen molar-refractivity contribution in [2.75, 3.05) is 13.6 Å². The van der Waals surface area contributed by atoms with E-state index in [9.17, 15) is 4.39 Å². The largest absolute Gasteiger partial charge is 0.310 e. The first-order valence-electron chi connectivity index (χ1n) is 6.44. The van der Waals surface area contributed by atoms with Crippen molar-refractivity contribution >= 4 is 11.6 Å². The number of benzene rings is 1. The van der Waals surface area contributed by atoms with Gasteiger partial charge in [-0.15, -0.1) is 0 Å². The molecule has 18 heavy (non-hydrogen) atoms. The van der Waals surface area contributed by atoms with E-state index in [1.54, 1.807) is 6.07 Å². The summed E-state index contributed by atoms with van der Waals surface area (Å²) in [6.07, 6.45) is 2.26.